The normalized spacial score (nSPS) is 11.4. The molecule has 0 aromatic heterocycles. The zero-order chi connectivity index (χ0) is 26.0. The molecule has 0 bridgehead atoms. The van der Waals surface area contributed by atoms with Crippen LogP contribution in [0, 0.1) is 6.92 Å². The Balaban J connectivity index is 2.18. The second-order valence-electron chi connectivity index (χ2n) is 8.65. The van der Waals surface area contributed by atoms with Gasteiger partial charge in [0.2, 0.25) is 0 Å². The van der Waals surface area contributed by atoms with Crippen LogP contribution in [0.1, 0.15) is 40.7 Å². The number of likely N-dealkylation sites (N-methyl/N-ethyl adjacent to an activating group) is 1. The molecule has 0 aliphatic carbocycles. The first-order valence-electron chi connectivity index (χ1n) is 11.6. The maximum atomic E-state index is 13.0. The first kappa shape index (κ1) is 28.3. The molecule has 8 heteroatoms. The lowest BCUT2D eigenvalue weighted by molar-refractivity contribution is -0.162. The molecule has 2 rings (SSSR count). The average molecular weight is 488 g/mol. The highest BCUT2D eigenvalue weighted by atomic mass is 16.5. The number of methoxy groups -OCH3 is 3. The standard InChI is InChI=1S/C27H37NO7/c1-19-15-20(7-10-24(19)33-3)11-14-28(2)13-6-12-27(25(31)34-4,26(32)35-5)23-9-8-21(17-29)22(16-23)18-30/h7-10,15-16,29-30H,6,11-14,17-18H2,1-5H3. The molecular weight excluding hydrogens is 450 g/mol. The van der Waals surface area contributed by atoms with Gasteiger partial charge in [-0.2, -0.15) is 0 Å². The molecule has 0 radical (unpaired) electrons. The number of hydrogen-bond donors (Lipinski definition) is 2. The van der Waals surface area contributed by atoms with E-state index < -0.39 is 17.4 Å². The largest absolute Gasteiger partial charge is 0.496 e. The van der Waals surface area contributed by atoms with Gasteiger partial charge in [0.15, 0.2) is 5.41 Å². The topological polar surface area (TPSA) is 106 Å². The van der Waals surface area contributed by atoms with Crippen molar-refractivity contribution in [3.63, 3.8) is 0 Å². The van der Waals surface area contributed by atoms with Crippen LogP contribution in [0.2, 0.25) is 0 Å². The first-order valence-corrected chi connectivity index (χ1v) is 11.6. The van der Waals surface area contributed by atoms with Crippen molar-refractivity contribution in [2.75, 3.05) is 41.5 Å². The van der Waals surface area contributed by atoms with Gasteiger partial charge < -0.3 is 29.3 Å². The molecule has 0 amide bonds. The van der Waals surface area contributed by atoms with Crippen LogP contribution in [0.5, 0.6) is 5.75 Å². The molecule has 0 unspecified atom stereocenters. The summed E-state index contributed by atoms with van der Waals surface area (Å²) in [5, 5.41) is 19.2. The Morgan fingerprint density at radius 3 is 2.11 bits per heavy atom. The number of ether oxygens (including phenoxy) is 3. The predicted molar refractivity (Wildman–Crippen MR) is 132 cm³/mol. The van der Waals surface area contributed by atoms with E-state index >= 15 is 0 Å². The van der Waals surface area contributed by atoms with Gasteiger partial charge in [0, 0.05) is 6.54 Å². The van der Waals surface area contributed by atoms with Crippen molar-refractivity contribution in [1.82, 2.24) is 4.90 Å². The number of nitrogens with zero attached hydrogens (tertiary/aromatic N) is 1. The highest BCUT2D eigenvalue weighted by Gasteiger charge is 2.49. The molecule has 0 atom stereocenters. The van der Waals surface area contributed by atoms with Gasteiger partial charge in [0.1, 0.15) is 5.75 Å². The van der Waals surface area contributed by atoms with Crippen molar-refractivity contribution >= 4 is 11.9 Å². The Labute approximate surface area is 207 Å². The molecule has 0 fully saturated rings. The van der Waals surface area contributed by atoms with Crippen molar-refractivity contribution in [3.8, 4) is 5.75 Å². The number of benzene rings is 2. The zero-order valence-electron chi connectivity index (χ0n) is 21.3. The van der Waals surface area contributed by atoms with Gasteiger partial charge in [-0.15, -0.1) is 0 Å². The molecule has 2 N–H and O–H groups in total. The molecule has 0 aliphatic heterocycles. The number of aliphatic hydroxyl groups is 2. The van der Waals surface area contributed by atoms with E-state index in [1.54, 1.807) is 25.3 Å². The van der Waals surface area contributed by atoms with E-state index in [1.165, 1.54) is 19.8 Å². The summed E-state index contributed by atoms with van der Waals surface area (Å²) in [5.41, 5.74) is 1.95. The second kappa shape index (κ2) is 13.2. The zero-order valence-corrected chi connectivity index (χ0v) is 21.3. The SMILES string of the molecule is COC(=O)C(CCCN(C)CCc1ccc(OC)c(C)c1)(C(=O)OC)c1ccc(CO)c(CO)c1. The Hall–Kier alpha value is -2.94. The number of aryl methyl sites for hydroxylation is 1. The summed E-state index contributed by atoms with van der Waals surface area (Å²) in [5.74, 6) is -0.580. The predicted octanol–water partition coefficient (Wildman–Crippen LogP) is 2.53. The van der Waals surface area contributed by atoms with Crippen LogP contribution in [-0.2, 0) is 44.1 Å². The molecular formula is C27H37NO7. The van der Waals surface area contributed by atoms with Crippen molar-refractivity contribution < 1.29 is 34.0 Å². The first-order chi connectivity index (χ1) is 16.8. The molecule has 192 valence electrons. The Morgan fingerprint density at radius 2 is 1.57 bits per heavy atom. The van der Waals surface area contributed by atoms with E-state index in [0.29, 0.717) is 29.7 Å². The van der Waals surface area contributed by atoms with Crippen LogP contribution in [-0.4, -0.2) is 68.5 Å². The average Bonchev–Trinajstić information content (AvgIpc) is 2.88. The summed E-state index contributed by atoms with van der Waals surface area (Å²) < 4.78 is 15.4. The van der Waals surface area contributed by atoms with E-state index in [2.05, 4.69) is 11.0 Å². The van der Waals surface area contributed by atoms with Crippen LogP contribution < -0.4 is 4.74 Å². The maximum absolute atomic E-state index is 13.0. The van der Waals surface area contributed by atoms with Crippen molar-refractivity contribution in [2.24, 2.45) is 0 Å². The van der Waals surface area contributed by atoms with Gasteiger partial charge in [0.05, 0.1) is 34.5 Å². The summed E-state index contributed by atoms with van der Waals surface area (Å²) in [6, 6.07) is 10.9. The number of carbonyl (C=O) groups excluding carboxylic acids is 2. The van der Waals surface area contributed by atoms with Crippen molar-refractivity contribution in [2.45, 2.75) is 44.8 Å². The number of aliphatic hydroxyl groups excluding tert-OH is 2. The molecule has 0 spiro atoms. The number of hydrogen-bond acceptors (Lipinski definition) is 8. The Bertz CT molecular complexity index is 989. The van der Waals surface area contributed by atoms with Gasteiger partial charge in [-0.3, -0.25) is 9.59 Å². The van der Waals surface area contributed by atoms with Crippen LogP contribution in [0.25, 0.3) is 0 Å². The number of rotatable bonds is 13. The van der Waals surface area contributed by atoms with Crippen LogP contribution in [0.3, 0.4) is 0 Å². The third-order valence-corrected chi connectivity index (χ3v) is 6.44. The van der Waals surface area contributed by atoms with Crippen molar-refractivity contribution in [3.05, 3.63) is 64.2 Å². The lowest BCUT2D eigenvalue weighted by Gasteiger charge is -2.30. The summed E-state index contributed by atoms with van der Waals surface area (Å²) >= 11 is 0. The Kier molecular flexibility index (Phi) is 10.7. The summed E-state index contributed by atoms with van der Waals surface area (Å²) in [6.07, 6.45) is 1.54. The lowest BCUT2D eigenvalue weighted by Crippen LogP contribution is -2.46. The minimum atomic E-state index is -1.67. The molecule has 0 heterocycles. The van der Waals surface area contributed by atoms with Gasteiger partial charge in [-0.1, -0.05) is 30.3 Å². The maximum Gasteiger partial charge on any atom is 0.327 e. The molecule has 8 nitrogen and oxygen atoms in total. The van der Waals surface area contributed by atoms with E-state index in [-0.39, 0.29) is 19.6 Å². The minimum Gasteiger partial charge on any atom is -0.496 e. The number of carbonyl (C=O) groups is 2. The van der Waals surface area contributed by atoms with E-state index in [4.69, 9.17) is 14.2 Å². The fraction of sp³-hybridized carbons (Fsp3) is 0.481. The van der Waals surface area contributed by atoms with Gasteiger partial charge in [-0.25, -0.2) is 0 Å². The number of esters is 2. The second-order valence-corrected chi connectivity index (χ2v) is 8.65. The van der Waals surface area contributed by atoms with E-state index in [0.717, 1.165) is 24.3 Å². The van der Waals surface area contributed by atoms with E-state index in [9.17, 15) is 19.8 Å². The third kappa shape index (κ3) is 6.60. The van der Waals surface area contributed by atoms with Crippen molar-refractivity contribution in [1.29, 1.82) is 0 Å². The van der Waals surface area contributed by atoms with Gasteiger partial charge >= 0.3 is 11.9 Å². The fourth-order valence-electron chi connectivity index (χ4n) is 4.35. The summed E-state index contributed by atoms with van der Waals surface area (Å²) in [6.45, 7) is 2.86. The van der Waals surface area contributed by atoms with Crippen LogP contribution >= 0.6 is 0 Å². The molecule has 0 aliphatic rings. The molecule has 2 aromatic carbocycles. The molecule has 0 saturated heterocycles. The fourth-order valence-corrected chi connectivity index (χ4v) is 4.35. The van der Waals surface area contributed by atoms with Gasteiger partial charge in [0.25, 0.3) is 0 Å². The highest BCUT2D eigenvalue weighted by molar-refractivity contribution is 6.06. The van der Waals surface area contributed by atoms with Crippen LogP contribution in [0.15, 0.2) is 36.4 Å². The smallest absolute Gasteiger partial charge is 0.327 e. The quantitative estimate of drug-likeness (QED) is 0.328. The van der Waals surface area contributed by atoms with Crippen LogP contribution in [0.4, 0.5) is 0 Å². The van der Waals surface area contributed by atoms with Gasteiger partial charge in [-0.05, 0) is 73.7 Å². The third-order valence-electron chi connectivity index (χ3n) is 6.44. The van der Waals surface area contributed by atoms with E-state index in [1.807, 2.05) is 26.1 Å². The molecule has 2 aromatic rings. The minimum absolute atomic E-state index is 0.168. The molecule has 0 saturated carbocycles. The highest BCUT2D eigenvalue weighted by Crippen LogP contribution is 2.34. The lowest BCUT2D eigenvalue weighted by atomic mass is 9.75. The molecule has 35 heavy (non-hydrogen) atoms. The summed E-state index contributed by atoms with van der Waals surface area (Å²) in [7, 11) is 6.12. The monoisotopic (exact) mass is 487 g/mol. The Morgan fingerprint density at radius 1 is 0.914 bits per heavy atom. The summed E-state index contributed by atoms with van der Waals surface area (Å²) in [4.78, 5) is 28.1.